The summed E-state index contributed by atoms with van der Waals surface area (Å²) in [6, 6.07) is 8.92. The molecule has 1 saturated heterocycles. The maximum absolute atomic E-state index is 12.5. The van der Waals surface area contributed by atoms with Crippen molar-refractivity contribution in [2.75, 3.05) is 42.9 Å². The maximum Gasteiger partial charge on any atom is 0.269 e. The predicted molar refractivity (Wildman–Crippen MR) is 121 cm³/mol. The smallest absolute Gasteiger partial charge is 0.269 e. The van der Waals surface area contributed by atoms with Crippen molar-refractivity contribution in [2.45, 2.75) is 32.1 Å². The molecule has 1 fully saturated rings. The van der Waals surface area contributed by atoms with Crippen LogP contribution in [0.4, 0.5) is 16.4 Å². The molecule has 0 radical (unpaired) electrons. The number of nitro benzene ring substituents is 1. The van der Waals surface area contributed by atoms with Gasteiger partial charge in [0.25, 0.3) is 5.69 Å². The molecule has 2 heterocycles. The van der Waals surface area contributed by atoms with E-state index in [1.807, 2.05) is 0 Å². The summed E-state index contributed by atoms with van der Waals surface area (Å²) >= 11 is 1.56. The Labute approximate surface area is 185 Å². The van der Waals surface area contributed by atoms with Crippen molar-refractivity contribution >= 4 is 33.6 Å². The number of nitro groups is 1. The van der Waals surface area contributed by atoms with Gasteiger partial charge in [-0.15, -0.1) is 11.3 Å². The monoisotopic (exact) mass is 439 g/mol. The molecule has 1 aliphatic carbocycles. The number of carbonyl (C=O) groups excluding carboxylic acids is 1. The summed E-state index contributed by atoms with van der Waals surface area (Å²) in [6.45, 7) is 3.97. The van der Waals surface area contributed by atoms with Crippen molar-refractivity contribution in [1.29, 1.82) is 5.26 Å². The SMILES string of the molecule is N#Cc1c(NC(=O)CCN2CCN(c3ccc([N+](=O)[O-])cc3)CC2)sc2c1CCCC2. The van der Waals surface area contributed by atoms with Crippen molar-refractivity contribution < 1.29 is 9.72 Å². The molecule has 9 heteroatoms. The van der Waals surface area contributed by atoms with E-state index in [1.165, 1.54) is 17.0 Å². The van der Waals surface area contributed by atoms with Gasteiger partial charge in [-0.05, 0) is 43.4 Å². The lowest BCUT2D eigenvalue weighted by atomic mass is 9.96. The van der Waals surface area contributed by atoms with Gasteiger partial charge in [-0.25, -0.2) is 0 Å². The number of amides is 1. The van der Waals surface area contributed by atoms with Gasteiger partial charge in [0.1, 0.15) is 11.1 Å². The third-order valence-electron chi connectivity index (χ3n) is 5.99. The van der Waals surface area contributed by atoms with Gasteiger partial charge in [-0.3, -0.25) is 19.8 Å². The fourth-order valence-electron chi connectivity index (χ4n) is 4.24. The lowest BCUT2D eigenvalue weighted by Gasteiger charge is -2.36. The van der Waals surface area contributed by atoms with E-state index in [4.69, 9.17) is 0 Å². The highest BCUT2D eigenvalue weighted by molar-refractivity contribution is 7.16. The Morgan fingerprint density at radius 2 is 1.87 bits per heavy atom. The minimum absolute atomic E-state index is 0.0482. The van der Waals surface area contributed by atoms with Crippen molar-refractivity contribution in [3.8, 4) is 6.07 Å². The molecule has 0 spiro atoms. The molecule has 2 aromatic rings. The molecule has 0 saturated carbocycles. The van der Waals surface area contributed by atoms with Crippen molar-refractivity contribution in [2.24, 2.45) is 0 Å². The van der Waals surface area contributed by atoms with Crippen LogP contribution in [0, 0.1) is 21.4 Å². The molecule has 1 N–H and O–H groups in total. The quantitative estimate of drug-likeness (QED) is 0.545. The first-order valence-electron chi connectivity index (χ1n) is 10.6. The largest absolute Gasteiger partial charge is 0.369 e. The standard InChI is InChI=1S/C22H25N5O3S/c23-15-19-18-3-1-2-4-20(18)31-22(19)24-21(28)9-10-25-11-13-26(14-12-25)16-5-7-17(8-6-16)27(29)30/h5-8H,1-4,9-14H2,(H,24,28). The predicted octanol–water partition coefficient (Wildman–Crippen LogP) is 3.56. The summed E-state index contributed by atoms with van der Waals surface area (Å²) in [5.74, 6) is -0.0482. The number of benzene rings is 1. The van der Waals surface area contributed by atoms with Crippen LogP contribution in [0.15, 0.2) is 24.3 Å². The molecule has 0 bridgehead atoms. The van der Waals surface area contributed by atoms with E-state index < -0.39 is 4.92 Å². The molecular weight excluding hydrogens is 414 g/mol. The van der Waals surface area contributed by atoms with E-state index in [0.717, 1.165) is 63.1 Å². The summed E-state index contributed by atoms with van der Waals surface area (Å²) in [4.78, 5) is 28.6. The number of nitrogens with zero attached hydrogens (tertiary/aromatic N) is 4. The van der Waals surface area contributed by atoms with E-state index in [-0.39, 0.29) is 11.6 Å². The zero-order chi connectivity index (χ0) is 21.8. The number of nitrogens with one attached hydrogen (secondary N) is 1. The topological polar surface area (TPSA) is 103 Å². The number of anilines is 2. The van der Waals surface area contributed by atoms with Crippen LogP contribution in [-0.4, -0.2) is 48.5 Å². The molecule has 1 aromatic heterocycles. The number of non-ortho nitro benzene ring substituents is 1. The summed E-state index contributed by atoms with van der Waals surface area (Å²) < 4.78 is 0. The second-order valence-electron chi connectivity index (χ2n) is 7.93. The number of hydrogen-bond donors (Lipinski definition) is 1. The molecule has 1 aliphatic heterocycles. The van der Waals surface area contributed by atoms with Crippen LogP contribution >= 0.6 is 11.3 Å². The first-order chi connectivity index (χ1) is 15.0. The molecule has 1 amide bonds. The zero-order valence-electron chi connectivity index (χ0n) is 17.3. The second-order valence-corrected chi connectivity index (χ2v) is 9.03. The average molecular weight is 440 g/mol. The summed E-state index contributed by atoms with van der Waals surface area (Å²) in [6.07, 6.45) is 4.59. The van der Waals surface area contributed by atoms with E-state index in [2.05, 4.69) is 21.2 Å². The highest BCUT2D eigenvalue weighted by Crippen LogP contribution is 2.37. The van der Waals surface area contributed by atoms with E-state index >= 15 is 0 Å². The highest BCUT2D eigenvalue weighted by atomic mass is 32.1. The molecule has 0 unspecified atom stereocenters. The van der Waals surface area contributed by atoms with Crippen LogP contribution in [0.3, 0.4) is 0 Å². The van der Waals surface area contributed by atoms with Gasteiger partial charge in [0.05, 0.1) is 10.5 Å². The molecule has 2 aliphatic rings. The molecule has 31 heavy (non-hydrogen) atoms. The van der Waals surface area contributed by atoms with Gasteiger partial charge in [-0.2, -0.15) is 5.26 Å². The Balaban J connectivity index is 1.25. The van der Waals surface area contributed by atoms with Crippen LogP contribution < -0.4 is 10.2 Å². The Kier molecular flexibility index (Phi) is 6.49. The van der Waals surface area contributed by atoms with E-state index in [1.54, 1.807) is 23.5 Å². The summed E-state index contributed by atoms with van der Waals surface area (Å²) in [5, 5.41) is 24.0. The number of fused-ring (bicyclic) bond motifs is 1. The fourth-order valence-corrected chi connectivity index (χ4v) is 5.49. The molecule has 0 atom stereocenters. The van der Waals surface area contributed by atoms with Gasteiger partial charge < -0.3 is 10.2 Å². The molecule has 4 rings (SSSR count). The third kappa shape index (κ3) is 4.86. The first kappa shape index (κ1) is 21.3. The minimum atomic E-state index is -0.391. The first-order valence-corrected chi connectivity index (χ1v) is 11.4. The van der Waals surface area contributed by atoms with E-state index in [9.17, 15) is 20.2 Å². The minimum Gasteiger partial charge on any atom is -0.369 e. The van der Waals surface area contributed by atoms with Crippen molar-refractivity contribution in [1.82, 2.24) is 4.90 Å². The average Bonchev–Trinajstić information content (AvgIpc) is 3.15. The van der Waals surface area contributed by atoms with Gasteiger partial charge >= 0.3 is 0 Å². The second kappa shape index (κ2) is 9.45. The van der Waals surface area contributed by atoms with Gasteiger partial charge in [0, 0.05) is 61.8 Å². The highest BCUT2D eigenvalue weighted by Gasteiger charge is 2.23. The number of rotatable bonds is 6. The summed E-state index contributed by atoms with van der Waals surface area (Å²) in [5.41, 5.74) is 2.87. The molecule has 1 aromatic carbocycles. The Hall–Kier alpha value is -2.96. The van der Waals surface area contributed by atoms with Gasteiger partial charge in [0.2, 0.25) is 5.91 Å². The normalized spacial score (nSPS) is 16.4. The number of piperazine rings is 1. The number of thiophene rings is 1. The van der Waals surface area contributed by atoms with Crippen molar-refractivity contribution in [3.63, 3.8) is 0 Å². The van der Waals surface area contributed by atoms with Gasteiger partial charge in [0.15, 0.2) is 0 Å². The third-order valence-corrected chi connectivity index (χ3v) is 7.20. The lowest BCUT2D eigenvalue weighted by molar-refractivity contribution is -0.384. The number of nitriles is 1. The fraction of sp³-hybridized carbons (Fsp3) is 0.455. The van der Waals surface area contributed by atoms with E-state index in [0.29, 0.717) is 23.5 Å². The van der Waals surface area contributed by atoms with Crippen molar-refractivity contribution in [3.05, 3.63) is 50.4 Å². The van der Waals surface area contributed by atoms with Crippen LogP contribution in [0.5, 0.6) is 0 Å². The Bertz CT molecular complexity index is 1000. The number of hydrogen-bond acceptors (Lipinski definition) is 7. The molecule has 8 nitrogen and oxygen atoms in total. The summed E-state index contributed by atoms with van der Waals surface area (Å²) in [7, 11) is 0. The maximum atomic E-state index is 12.5. The van der Waals surface area contributed by atoms with Gasteiger partial charge in [-0.1, -0.05) is 0 Å². The van der Waals surface area contributed by atoms with Crippen LogP contribution in [0.25, 0.3) is 0 Å². The van der Waals surface area contributed by atoms with Crippen LogP contribution in [0.2, 0.25) is 0 Å². The van der Waals surface area contributed by atoms with Crippen LogP contribution in [0.1, 0.15) is 35.3 Å². The zero-order valence-corrected chi connectivity index (χ0v) is 18.1. The molecular formula is C22H25N5O3S. The number of aryl methyl sites for hydroxylation is 1. The number of carbonyl (C=O) groups is 1. The Morgan fingerprint density at radius 1 is 1.16 bits per heavy atom. The molecule has 162 valence electrons. The van der Waals surface area contributed by atoms with Crippen LogP contribution in [-0.2, 0) is 17.6 Å². The Morgan fingerprint density at radius 3 is 2.55 bits per heavy atom. The lowest BCUT2D eigenvalue weighted by Crippen LogP contribution is -2.47.